The van der Waals surface area contributed by atoms with Crippen LogP contribution in [-0.4, -0.2) is 12.3 Å². The molecule has 1 radical (unpaired) electrons. The van der Waals surface area contributed by atoms with E-state index in [4.69, 9.17) is 4.84 Å². The van der Waals surface area contributed by atoms with Gasteiger partial charge in [-0.2, -0.15) is 0 Å². The average Bonchev–Trinajstić information content (AvgIpc) is 2.14. The van der Waals surface area contributed by atoms with Gasteiger partial charge in [-0.25, -0.2) is 0 Å². The molecule has 1 aliphatic rings. The first-order valence-electron chi connectivity index (χ1n) is 4.32. The number of nitrogens with zero attached hydrogens (tertiary/aromatic N) is 1. The van der Waals surface area contributed by atoms with E-state index in [-0.39, 0.29) is 0 Å². The molecule has 2 nitrogen and oxygen atoms in total. The largest absolute Gasteiger partial charge is 0.383 e. The summed E-state index contributed by atoms with van der Waals surface area (Å²) in [6, 6.07) is 0. The minimum absolute atomic E-state index is 0.420. The highest BCUT2D eigenvalue weighted by Crippen LogP contribution is 2.13. The van der Waals surface area contributed by atoms with Crippen LogP contribution in [0.1, 0.15) is 32.6 Å². The summed E-state index contributed by atoms with van der Waals surface area (Å²) < 4.78 is 0. The van der Waals surface area contributed by atoms with Gasteiger partial charge in [0.15, 0.2) is 6.61 Å². The van der Waals surface area contributed by atoms with Crippen molar-refractivity contribution in [2.75, 3.05) is 6.61 Å². The van der Waals surface area contributed by atoms with Gasteiger partial charge in [-0.15, -0.1) is 5.92 Å². The molecule has 0 aromatic rings. The van der Waals surface area contributed by atoms with Crippen molar-refractivity contribution >= 4 is 5.71 Å². The van der Waals surface area contributed by atoms with Gasteiger partial charge in [0.2, 0.25) is 0 Å². The summed E-state index contributed by atoms with van der Waals surface area (Å²) in [5.41, 5.74) is 1.18. The lowest BCUT2D eigenvalue weighted by Crippen LogP contribution is -2.05. The van der Waals surface area contributed by atoms with Gasteiger partial charge in [0.05, 0.1) is 5.71 Å². The predicted molar refractivity (Wildman–Crippen MR) is 49.6 cm³/mol. The van der Waals surface area contributed by atoms with Gasteiger partial charge < -0.3 is 4.84 Å². The minimum Gasteiger partial charge on any atom is -0.383 e. The molecule has 1 fully saturated rings. The standard InChI is InChI=1S/C10H14NO/c1-2-3-9-12-11-10-7-5-4-6-8-10/h4H,5-9H2,1H3. The Balaban J connectivity index is 2.19. The van der Waals surface area contributed by atoms with Gasteiger partial charge in [-0.1, -0.05) is 11.1 Å². The lowest BCUT2D eigenvalue weighted by atomic mass is 9.99. The van der Waals surface area contributed by atoms with E-state index in [1.165, 1.54) is 5.71 Å². The molecule has 2 heteroatoms. The molecule has 0 heterocycles. The highest BCUT2D eigenvalue weighted by Gasteiger charge is 2.06. The second-order valence-electron chi connectivity index (χ2n) is 2.72. The lowest BCUT2D eigenvalue weighted by Gasteiger charge is -2.10. The molecule has 0 aliphatic heterocycles. The van der Waals surface area contributed by atoms with Crippen LogP contribution in [0.3, 0.4) is 0 Å². The summed E-state index contributed by atoms with van der Waals surface area (Å²) in [7, 11) is 0. The quantitative estimate of drug-likeness (QED) is 0.348. The Labute approximate surface area is 74.0 Å². The zero-order chi connectivity index (χ0) is 8.65. The van der Waals surface area contributed by atoms with Crippen LogP contribution in [0.25, 0.3) is 0 Å². The molecule has 0 aromatic heterocycles. The maximum atomic E-state index is 5.01. The zero-order valence-electron chi connectivity index (χ0n) is 7.47. The van der Waals surface area contributed by atoms with E-state index in [0.717, 1.165) is 25.7 Å². The smallest absolute Gasteiger partial charge is 0.177 e. The van der Waals surface area contributed by atoms with Gasteiger partial charge in [0.1, 0.15) is 0 Å². The second-order valence-corrected chi connectivity index (χ2v) is 2.72. The van der Waals surface area contributed by atoms with Crippen molar-refractivity contribution in [2.24, 2.45) is 5.16 Å². The molecule has 0 aromatic carbocycles. The van der Waals surface area contributed by atoms with Gasteiger partial charge in [0, 0.05) is 0 Å². The van der Waals surface area contributed by atoms with Crippen LogP contribution in [0.5, 0.6) is 0 Å². The maximum Gasteiger partial charge on any atom is 0.177 e. The topological polar surface area (TPSA) is 21.6 Å². The van der Waals surface area contributed by atoms with E-state index in [1.807, 2.05) is 0 Å². The Morgan fingerprint density at radius 1 is 1.50 bits per heavy atom. The van der Waals surface area contributed by atoms with Gasteiger partial charge >= 0.3 is 0 Å². The van der Waals surface area contributed by atoms with E-state index >= 15 is 0 Å². The Hall–Kier alpha value is -0.970. The summed E-state index contributed by atoms with van der Waals surface area (Å²) in [6.45, 7) is 2.22. The normalized spacial score (nSPS) is 16.2. The fraction of sp³-hybridized carbons (Fsp3) is 0.600. The van der Waals surface area contributed by atoms with E-state index in [2.05, 4.69) is 23.4 Å². The van der Waals surface area contributed by atoms with Crippen molar-refractivity contribution in [1.82, 2.24) is 0 Å². The fourth-order valence-corrected chi connectivity index (χ4v) is 1.13. The van der Waals surface area contributed by atoms with Gasteiger partial charge in [0.25, 0.3) is 0 Å². The Bertz CT molecular complexity index is 202. The van der Waals surface area contributed by atoms with Crippen molar-refractivity contribution in [1.29, 1.82) is 0 Å². The molecule has 0 saturated heterocycles. The number of hydrogen-bond acceptors (Lipinski definition) is 2. The molecule has 0 atom stereocenters. The zero-order valence-corrected chi connectivity index (χ0v) is 7.47. The summed E-state index contributed by atoms with van der Waals surface area (Å²) in [5, 5.41) is 4.01. The van der Waals surface area contributed by atoms with Crippen LogP contribution >= 0.6 is 0 Å². The first kappa shape index (κ1) is 9.12. The highest BCUT2D eigenvalue weighted by molar-refractivity contribution is 5.84. The third kappa shape index (κ3) is 3.43. The molecule has 12 heavy (non-hydrogen) atoms. The van der Waals surface area contributed by atoms with Crippen molar-refractivity contribution in [3.63, 3.8) is 0 Å². The number of rotatable bonds is 2. The Morgan fingerprint density at radius 2 is 2.25 bits per heavy atom. The third-order valence-electron chi connectivity index (χ3n) is 1.78. The number of oxime groups is 1. The first-order valence-corrected chi connectivity index (χ1v) is 4.32. The Morgan fingerprint density at radius 3 is 2.92 bits per heavy atom. The van der Waals surface area contributed by atoms with E-state index in [1.54, 1.807) is 6.92 Å². The Kier molecular flexibility index (Phi) is 4.30. The van der Waals surface area contributed by atoms with Crippen molar-refractivity contribution < 1.29 is 4.84 Å². The summed E-state index contributed by atoms with van der Waals surface area (Å²) in [4.78, 5) is 5.01. The van der Waals surface area contributed by atoms with Crippen LogP contribution in [0.15, 0.2) is 5.16 Å². The average molecular weight is 164 g/mol. The molecule has 0 spiro atoms. The van der Waals surface area contributed by atoms with Crippen molar-refractivity contribution in [2.45, 2.75) is 32.6 Å². The molecule has 1 saturated carbocycles. The van der Waals surface area contributed by atoms with Crippen LogP contribution < -0.4 is 0 Å². The van der Waals surface area contributed by atoms with Crippen molar-refractivity contribution in [3.8, 4) is 11.8 Å². The van der Waals surface area contributed by atoms with Gasteiger partial charge in [-0.3, -0.25) is 0 Å². The number of hydrogen-bond donors (Lipinski definition) is 0. The molecule has 0 N–H and O–H groups in total. The van der Waals surface area contributed by atoms with Crippen LogP contribution in [0, 0.1) is 18.3 Å². The molecule has 0 amide bonds. The minimum atomic E-state index is 0.420. The van der Waals surface area contributed by atoms with E-state index < -0.39 is 0 Å². The van der Waals surface area contributed by atoms with Gasteiger partial charge in [-0.05, 0) is 39.0 Å². The van der Waals surface area contributed by atoms with Crippen LogP contribution in [0.4, 0.5) is 0 Å². The van der Waals surface area contributed by atoms with Crippen LogP contribution in [-0.2, 0) is 4.84 Å². The molecule has 1 aliphatic carbocycles. The lowest BCUT2D eigenvalue weighted by molar-refractivity contribution is 0.178. The molecule has 0 bridgehead atoms. The SMILES string of the molecule is CC#CCON=C1CC[CH]CC1. The fourth-order valence-electron chi connectivity index (χ4n) is 1.13. The predicted octanol–water partition coefficient (Wildman–Crippen LogP) is 2.16. The summed E-state index contributed by atoms with van der Waals surface area (Å²) in [5.74, 6) is 5.56. The molecular formula is C10H14NO. The second kappa shape index (κ2) is 5.65. The van der Waals surface area contributed by atoms with Crippen molar-refractivity contribution in [3.05, 3.63) is 6.42 Å². The van der Waals surface area contributed by atoms with Crippen LogP contribution in [0.2, 0.25) is 0 Å². The monoisotopic (exact) mass is 164 g/mol. The molecule has 1 rings (SSSR count). The summed E-state index contributed by atoms with van der Waals surface area (Å²) in [6.07, 6.45) is 6.69. The summed E-state index contributed by atoms with van der Waals surface area (Å²) >= 11 is 0. The maximum absolute atomic E-state index is 5.01. The molecule has 65 valence electrons. The third-order valence-corrected chi connectivity index (χ3v) is 1.78. The highest BCUT2D eigenvalue weighted by atomic mass is 16.6. The van der Waals surface area contributed by atoms with E-state index in [0.29, 0.717) is 6.61 Å². The first-order chi connectivity index (χ1) is 5.93. The molecular weight excluding hydrogens is 150 g/mol. The molecule has 0 unspecified atom stereocenters. The van der Waals surface area contributed by atoms with E-state index in [9.17, 15) is 0 Å².